The van der Waals surface area contributed by atoms with E-state index in [1.54, 1.807) is 6.26 Å². The van der Waals surface area contributed by atoms with Crippen molar-refractivity contribution in [2.45, 2.75) is 10.6 Å². The Bertz CT molecular complexity index is 863. The first-order valence-corrected chi connectivity index (χ1v) is 8.07. The summed E-state index contributed by atoms with van der Waals surface area (Å²) in [5.41, 5.74) is 5.74. The Morgan fingerprint density at radius 1 is 1.35 bits per heavy atom. The molecule has 0 amide bonds. The fourth-order valence-corrected chi connectivity index (χ4v) is 3.62. The lowest BCUT2D eigenvalue weighted by molar-refractivity contribution is 0.688. The van der Waals surface area contributed by atoms with Gasteiger partial charge in [-0.15, -0.1) is 11.3 Å². The van der Waals surface area contributed by atoms with Crippen molar-refractivity contribution in [3.63, 3.8) is 0 Å². The average molecular weight is 309 g/mol. The maximum atomic E-state index is 11.7. The van der Waals surface area contributed by atoms with Crippen LogP contribution in [0.1, 0.15) is 10.7 Å². The Labute approximate surface area is 119 Å². The highest BCUT2D eigenvalue weighted by Gasteiger charge is 2.11. The minimum atomic E-state index is -0.984. The van der Waals surface area contributed by atoms with Crippen LogP contribution < -0.4 is 11.3 Å². The molecule has 0 aliphatic rings. The molecule has 3 aromatic heterocycles. The largest absolute Gasteiger partial charge is 0.369 e. The van der Waals surface area contributed by atoms with E-state index < -0.39 is 10.8 Å². The van der Waals surface area contributed by atoms with Gasteiger partial charge in [0.1, 0.15) is 5.82 Å². The molecule has 0 aromatic carbocycles. The second-order valence-electron chi connectivity index (χ2n) is 4.18. The van der Waals surface area contributed by atoms with E-state index in [1.807, 2.05) is 12.1 Å². The Balaban J connectivity index is 1.96. The Kier molecular flexibility index (Phi) is 3.14. The van der Waals surface area contributed by atoms with E-state index in [-0.39, 0.29) is 11.5 Å². The van der Waals surface area contributed by atoms with E-state index in [0.717, 1.165) is 9.09 Å². The zero-order chi connectivity index (χ0) is 14.3. The van der Waals surface area contributed by atoms with Crippen LogP contribution in [0.5, 0.6) is 0 Å². The number of H-pyrrole nitrogens is 2. The number of aromatic nitrogens is 4. The summed E-state index contributed by atoms with van der Waals surface area (Å²) in [6.07, 6.45) is 2.17. The number of nitrogens with zero attached hydrogens (tertiary/aromatic N) is 2. The lowest BCUT2D eigenvalue weighted by atomic mass is 10.3. The van der Waals surface area contributed by atoms with Crippen LogP contribution in [-0.4, -0.2) is 30.4 Å². The van der Waals surface area contributed by atoms with Crippen LogP contribution in [0.2, 0.25) is 0 Å². The molecule has 9 heteroatoms. The van der Waals surface area contributed by atoms with Gasteiger partial charge in [0, 0.05) is 17.6 Å². The lowest BCUT2D eigenvalue weighted by Gasteiger charge is -1.91. The van der Waals surface area contributed by atoms with Crippen LogP contribution >= 0.6 is 11.3 Å². The van der Waals surface area contributed by atoms with Crippen molar-refractivity contribution >= 4 is 39.2 Å². The molecule has 20 heavy (non-hydrogen) atoms. The molecule has 3 aromatic rings. The predicted molar refractivity (Wildman–Crippen MR) is 78.4 cm³/mol. The molecule has 0 bridgehead atoms. The number of imidazole rings is 1. The van der Waals surface area contributed by atoms with Gasteiger partial charge in [-0.1, -0.05) is 0 Å². The van der Waals surface area contributed by atoms with Gasteiger partial charge in [0.15, 0.2) is 11.2 Å². The summed E-state index contributed by atoms with van der Waals surface area (Å²) in [6.45, 7) is 0. The van der Waals surface area contributed by atoms with Gasteiger partial charge in [-0.05, 0) is 12.1 Å². The van der Waals surface area contributed by atoms with E-state index in [2.05, 4.69) is 19.9 Å². The third-order valence-electron chi connectivity index (χ3n) is 2.69. The number of nitrogens with two attached hydrogens (primary N) is 1. The number of nitrogens with one attached hydrogen (secondary N) is 2. The van der Waals surface area contributed by atoms with Crippen molar-refractivity contribution in [2.75, 3.05) is 12.0 Å². The molecule has 7 nitrogen and oxygen atoms in total. The first-order chi connectivity index (χ1) is 9.52. The summed E-state index contributed by atoms with van der Waals surface area (Å²) in [5.74, 6) is 0.666. The van der Waals surface area contributed by atoms with Crippen molar-refractivity contribution < 1.29 is 4.21 Å². The Hall–Kier alpha value is -2.00. The van der Waals surface area contributed by atoms with Gasteiger partial charge >= 0.3 is 0 Å². The summed E-state index contributed by atoms with van der Waals surface area (Å²) in [4.78, 5) is 26.2. The summed E-state index contributed by atoms with van der Waals surface area (Å²) < 4.78 is 12.2. The standard InChI is InChI=1S/C11H11N5O2S2/c1-20(18)7-3-2-5(19-7)4-6-13-8-9(14-6)15-11(12)16-10(8)17/h2-3H,4H2,1H3,(H4,12,13,14,15,16,17). The van der Waals surface area contributed by atoms with Crippen LogP contribution in [0, 0.1) is 0 Å². The second kappa shape index (κ2) is 4.84. The minimum absolute atomic E-state index is 0.0420. The molecule has 4 N–H and O–H groups in total. The van der Waals surface area contributed by atoms with Crippen molar-refractivity contribution in [3.8, 4) is 0 Å². The summed E-state index contributed by atoms with van der Waals surface area (Å²) >= 11 is 1.46. The fraction of sp³-hybridized carbons (Fsp3) is 0.182. The monoisotopic (exact) mass is 309 g/mol. The van der Waals surface area contributed by atoms with Gasteiger partial charge in [-0.25, -0.2) is 4.98 Å². The Morgan fingerprint density at radius 2 is 2.15 bits per heavy atom. The normalized spacial score (nSPS) is 12.8. The number of hydrogen-bond acceptors (Lipinski definition) is 6. The molecule has 0 aliphatic carbocycles. The highest BCUT2D eigenvalue weighted by molar-refractivity contribution is 7.86. The number of thiophene rings is 1. The van der Waals surface area contributed by atoms with Gasteiger partial charge in [0.05, 0.1) is 15.0 Å². The molecule has 0 spiro atoms. The third-order valence-corrected chi connectivity index (χ3v) is 5.23. The number of anilines is 1. The van der Waals surface area contributed by atoms with Gasteiger partial charge in [0.2, 0.25) is 5.95 Å². The van der Waals surface area contributed by atoms with Gasteiger partial charge < -0.3 is 10.7 Å². The first kappa shape index (κ1) is 13.0. The molecular weight excluding hydrogens is 298 g/mol. The van der Waals surface area contributed by atoms with E-state index in [1.165, 1.54) is 11.3 Å². The van der Waals surface area contributed by atoms with Gasteiger partial charge in [0.25, 0.3) is 5.56 Å². The van der Waals surface area contributed by atoms with Crippen molar-refractivity contribution in [1.29, 1.82) is 0 Å². The van der Waals surface area contributed by atoms with Crippen LogP contribution in [0.25, 0.3) is 11.2 Å². The molecular formula is C11H11N5O2S2. The number of aromatic amines is 2. The maximum absolute atomic E-state index is 11.7. The van der Waals surface area contributed by atoms with Crippen LogP contribution in [0.4, 0.5) is 5.95 Å². The van der Waals surface area contributed by atoms with E-state index in [0.29, 0.717) is 23.4 Å². The summed E-state index contributed by atoms with van der Waals surface area (Å²) in [7, 11) is -0.984. The zero-order valence-electron chi connectivity index (χ0n) is 10.5. The number of fused-ring (bicyclic) bond motifs is 1. The van der Waals surface area contributed by atoms with E-state index in [4.69, 9.17) is 5.73 Å². The zero-order valence-corrected chi connectivity index (χ0v) is 12.1. The van der Waals surface area contributed by atoms with E-state index in [9.17, 15) is 9.00 Å². The summed E-state index contributed by atoms with van der Waals surface area (Å²) in [6, 6.07) is 3.74. The third kappa shape index (κ3) is 2.37. The predicted octanol–water partition coefficient (Wildman–Crippen LogP) is 0.618. The van der Waals surface area contributed by atoms with Crippen molar-refractivity contribution in [3.05, 3.63) is 33.2 Å². The minimum Gasteiger partial charge on any atom is -0.369 e. The highest BCUT2D eigenvalue weighted by atomic mass is 32.2. The van der Waals surface area contributed by atoms with E-state index >= 15 is 0 Å². The van der Waals surface area contributed by atoms with Crippen molar-refractivity contribution in [1.82, 2.24) is 19.9 Å². The average Bonchev–Trinajstić information content (AvgIpc) is 2.96. The molecule has 1 unspecified atom stereocenters. The van der Waals surface area contributed by atoms with Crippen LogP contribution in [0.15, 0.2) is 21.1 Å². The molecule has 1 atom stereocenters. The molecule has 0 saturated carbocycles. The highest BCUT2D eigenvalue weighted by Crippen LogP contribution is 2.21. The number of hydrogen-bond donors (Lipinski definition) is 3. The second-order valence-corrected chi connectivity index (χ2v) is 6.96. The lowest BCUT2D eigenvalue weighted by Crippen LogP contribution is -2.10. The number of rotatable bonds is 3. The molecule has 3 rings (SSSR count). The maximum Gasteiger partial charge on any atom is 0.278 e. The molecule has 0 saturated heterocycles. The quantitative estimate of drug-likeness (QED) is 0.655. The van der Waals surface area contributed by atoms with Gasteiger partial charge in [-0.2, -0.15) is 4.98 Å². The molecule has 0 radical (unpaired) electrons. The Morgan fingerprint density at radius 3 is 2.85 bits per heavy atom. The molecule has 0 aliphatic heterocycles. The number of nitrogen functional groups attached to an aromatic ring is 1. The summed E-state index contributed by atoms with van der Waals surface area (Å²) in [5, 5.41) is 0. The SMILES string of the molecule is CS(=O)c1ccc(Cc2nc3nc(N)[nH]c(=O)c3[nH]2)s1. The molecule has 104 valence electrons. The molecule has 3 heterocycles. The van der Waals surface area contributed by atoms with Gasteiger partial charge in [-0.3, -0.25) is 14.0 Å². The van der Waals surface area contributed by atoms with Crippen LogP contribution in [-0.2, 0) is 17.2 Å². The smallest absolute Gasteiger partial charge is 0.278 e. The van der Waals surface area contributed by atoms with Crippen molar-refractivity contribution in [2.24, 2.45) is 0 Å². The molecule has 0 fully saturated rings. The first-order valence-electron chi connectivity index (χ1n) is 5.69. The fourth-order valence-electron chi connectivity index (χ4n) is 1.83. The topological polar surface area (TPSA) is 118 Å². The van der Waals surface area contributed by atoms with Crippen LogP contribution in [0.3, 0.4) is 0 Å².